The molecule has 0 unspecified atom stereocenters. The Hall–Kier alpha value is -2.34. The zero-order valence-corrected chi connectivity index (χ0v) is 15.5. The number of anilines is 1. The first-order valence-corrected chi connectivity index (χ1v) is 9.94. The summed E-state index contributed by atoms with van der Waals surface area (Å²) in [6.07, 6.45) is 3.17. The number of nitrogens with one attached hydrogen (secondary N) is 1. The van der Waals surface area contributed by atoms with Gasteiger partial charge in [0.2, 0.25) is 10.0 Å². The minimum atomic E-state index is -3.34. The molecule has 1 aromatic heterocycles. The zero-order valence-electron chi connectivity index (χ0n) is 14.7. The van der Waals surface area contributed by atoms with Crippen LogP contribution in [0.2, 0.25) is 0 Å². The fourth-order valence-corrected chi connectivity index (χ4v) is 3.66. The highest BCUT2D eigenvalue weighted by Crippen LogP contribution is 2.35. The Morgan fingerprint density at radius 3 is 2.40 bits per heavy atom. The Bertz CT molecular complexity index is 1050. The Kier molecular flexibility index (Phi) is 4.33. The van der Waals surface area contributed by atoms with Gasteiger partial charge in [-0.1, -0.05) is 12.1 Å². The van der Waals surface area contributed by atoms with Gasteiger partial charge in [0.05, 0.1) is 17.5 Å². The topological polar surface area (TPSA) is 51.1 Å². The third-order valence-electron chi connectivity index (χ3n) is 4.17. The van der Waals surface area contributed by atoms with Crippen molar-refractivity contribution in [2.45, 2.75) is 26.8 Å². The average Bonchev–Trinajstić information content (AvgIpc) is 2.84. The number of hydrogen-bond acceptors (Lipinski definition) is 2. The van der Waals surface area contributed by atoms with Crippen molar-refractivity contribution in [2.75, 3.05) is 11.0 Å². The average molecular weight is 360 g/mol. The standard InChI is InChI=1S/C19H21FN2O2S/c1-12(2)22-11-18(16-7-5-14(20)9-13(16)3)17-8-6-15(10-19(17)22)21-25(4,23)24/h5-12,21H,1-4H3. The summed E-state index contributed by atoms with van der Waals surface area (Å²) in [5.74, 6) is -0.256. The molecular formula is C19H21FN2O2S. The molecular weight excluding hydrogens is 339 g/mol. The van der Waals surface area contributed by atoms with Crippen molar-refractivity contribution in [1.29, 1.82) is 0 Å². The molecule has 0 bridgehead atoms. The van der Waals surface area contributed by atoms with Crippen LogP contribution in [0.4, 0.5) is 10.1 Å². The molecule has 3 aromatic rings. The summed E-state index contributed by atoms with van der Waals surface area (Å²) in [6, 6.07) is 10.4. The van der Waals surface area contributed by atoms with E-state index in [1.807, 2.05) is 25.3 Å². The van der Waals surface area contributed by atoms with Gasteiger partial charge in [-0.05, 0) is 56.2 Å². The van der Waals surface area contributed by atoms with Gasteiger partial charge in [0.25, 0.3) is 0 Å². The second kappa shape index (κ2) is 6.19. The highest BCUT2D eigenvalue weighted by Gasteiger charge is 2.15. The molecule has 4 nitrogen and oxygen atoms in total. The number of halogens is 1. The number of nitrogens with zero attached hydrogens (tertiary/aromatic N) is 1. The monoisotopic (exact) mass is 360 g/mol. The lowest BCUT2D eigenvalue weighted by Gasteiger charge is -2.10. The van der Waals surface area contributed by atoms with E-state index in [-0.39, 0.29) is 11.9 Å². The van der Waals surface area contributed by atoms with Crippen LogP contribution >= 0.6 is 0 Å². The van der Waals surface area contributed by atoms with Gasteiger partial charge in [0.1, 0.15) is 5.82 Å². The number of sulfonamides is 1. The largest absolute Gasteiger partial charge is 0.344 e. The first kappa shape index (κ1) is 17.5. The molecule has 0 aliphatic heterocycles. The molecule has 0 amide bonds. The van der Waals surface area contributed by atoms with Crippen LogP contribution in [-0.2, 0) is 10.0 Å². The molecule has 25 heavy (non-hydrogen) atoms. The molecule has 0 atom stereocenters. The third-order valence-corrected chi connectivity index (χ3v) is 4.78. The van der Waals surface area contributed by atoms with E-state index in [9.17, 15) is 12.8 Å². The van der Waals surface area contributed by atoms with E-state index in [4.69, 9.17) is 0 Å². The Morgan fingerprint density at radius 1 is 1.08 bits per heavy atom. The summed E-state index contributed by atoms with van der Waals surface area (Å²) in [5, 5.41) is 1.00. The molecule has 0 spiro atoms. The van der Waals surface area contributed by atoms with Gasteiger partial charge in [0.15, 0.2) is 0 Å². The first-order valence-electron chi connectivity index (χ1n) is 8.04. The number of rotatable bonds is 4. The van der Waals surface area contributed by atoms with Crippen LogP contribution in [0.3, 0.4) is 0 Å². The number of aromatic nitrogens is 1. The van der Waals surface area contributed by atoms with E-state index in [0.29, 0.717) is 5.69 Å². The minimum Gasteiger partial charge on any atom is -0.344 e. The van der Waals surface area contributed by atoms with Crippen LogP contribution in [0.5, 0.6) is 0 Å². The maximum Gasteiger partial charge on any atom is 0.229 e. The van der Waals surface area contributed by atoms with Crippen LogP contribution in [0.25, 0.3) is 22.0 Å². The summed E-state index contributed by atoms with van der Waals surface area (Å²) < 4.78 is 41.1. The molecule has 0 saturated carbocycles. The van der Waals surface area contributed by atoms with Crippen molar-refractivity contribution in [3.05, 3.63) is 54.0 Å². The predicted molar refractivity (Wildman–Crippen MR) is 101 cm³/mol. The second-order valence-corrected chi connectivity index (χ2v) is 8.36. The minimum absolute atomic E-state index is 0.200. The van der Waals surface area contributed by atoms with Gasteiger partial charge >= 0.3 is 0 Å². The predicted octanol–water partition coefficient (Wildman–Crippen LogP) is 4.71. The lowest BCUT2D eigenvalue weighted by molar-refractivity contribution is 0.607. The van der Waals surface area contributed by atoms with E-state index in [0.717, 1.165) is 33.8 Å². The van der Waals surface area contributed by atoms with Crippen molar-refractivity contribution in [3.8, 4) is 11.1 Å². The molecule has 0 aliphatic rings. The lowest BCUT2D eigenvalue weighted by atomic mass is 10.00. The van der Waals surface area contributed by atoms with Crippen LogP contribution in [0, 0.1) is 12.7 Å². The molecule has 2 aromatic carbocycles. The van der Waals surface area contributed by atoms with Gasteiger partial charge in [-0.25, -0.2) is 12.8 Å². The van der Waals surface area contributed by atoms with Crippen LogP contribution in [0.1, 0.15) is 25.5 Å². The highest BCUT2D eigenvalue weighted by molar-refractivity contribution is 7.92. The summed E-state index contributed by atoms with van der Waals surface area (Å²) in [5.41, 5.74) is 4.29. The van der Waals surface area contributed by atoms with E-state index in [1.165, 1.54) is 12.1 Å². The van der Waals surface area contributed by atoms with Crippen molar-refractivity contribution in [3.63, 3.8) is 0 Å². The van der Waals surface area contributed by atoms with Crippen molar-refractivity contribution < 1.29 is 12.8 Å². The van der Waals surface area contributed by atoms with Crippen molar-refractivity contribution >= 4 is 26.6 Å². The van der Waals surface area contributed by atoms with Gasteiger partial charge < -0.3 is 4.57 Å². The zero-order chi connectivity index (χ0) is 18.4. The van der Waals surface area contributed by atoms with Gasteiger partial charge in [-0.3, -0.25) is 4.72 Å². The van der Waals surface area contributed by atoms with E-state index in [2.05, 4.69) is 23.1 Å². The third kappa shape index (κ3) is 3.54. The number of fused-ring (bicyclic) bond motifs is 1. The number of benzene rings is 2. The normalized spacial score (nSPS) is 12.1. The maximum absolute atomic E-state index is 13.5. The van der Waals surface area contributed by atoms with Gasteiger partial charge in [-0.2, -0.15) is 0 Å². The second-order valence-electron chi connectivity index (χ2n) is 6.61. The quantitative estimate of drug-likeness (QED) is 0.733. The number of aryl methyl sites for hydroxylation is 1. The molecule has 1 N–H and O–H groups in total. The summed E-state index contributed by atoms with van der Waals surface area (Å²) in [7, 11) is -3.34. The summed E-state index contributed by atoms with van der Waals surface area (Å²) in [4.78, 5) is 0. The van der Waals surface area contributed by atoms with Crippen molar-refractivity contribution in [1.82, 2.24) is 4.57 Å². The maximum atomic E-state index is 13.5. The molecule has 6 heteroatoms. The molecule has 1 heterocycles. The molecule has 0 fully saturated rings. The molecule has 3 rings (SSSR count). The summed E-state index contributed by atoms with van der Waals surface area (Å²) in [6.45, 7) is 6.02. The van der Waals surface area contributed by atoms with Crippen LogP contribution in [-0.4, -0.2) is 19.2 Å². The Balaban J connectivity index is 2.24. The lowest BCUT2D eigenvalue weighted by Crippen LogP contribution is -2.09. The van der Waals surface area contributed by atoms with Crippen LogP contribution in [0.15, 0.2) is 42.6 Å². The fourth-order valence-electron chi connectivity index (χ4n) is 3.10. The summed E-state index contributed by atoms with van der Waals surface area (Å²) >= 11 is 0. The van der Waals surface area contributed by atoms with Crippen LogP contribution < -0.4 is 4.72 Å². The van der Waals surface area contributed by atoms with E-state index >= 15 is 0 Å². The molecule has 0 radical (unpaired) electrons. The number of hydrogen-bond donors (Lipinski definition) is 1. The molecule has 132 valence electrons. The highest BCUT2D eigenvalue weighted by atomic mass is 32.2. The SMILES string of the molecule is Cc1cc(F)ccc1-c1cn(C(C)C)c2cc(NS(C)(=O)=O)ccc12. The molecule has 0 aliphatic carbocycles. The van der Waals surface area contributed by atoms with E-state index in [1.54, 1.807) is 12.1 Å². The molecule has 0 saturated heterocycles. The van der Waals surface area contributed by atoms with E-state index < -0.39 is 10.0 Å². The smallest absolute Gasteiger partial charge is 0.229 e. The van der Waals surface area contributed by atoms with Crippen molar-refractivity contribution in [2.24, 2.45) is 0 Å². The fraction of sp³-hybridized carbons (Fsp3) is 0.263. The first-order chi connectivity index (χ1) is 11.7. The van der Waals surface area contributed by atoms with Gasteiger partial charge in [-0.15, -0.1) is 0 Å². The van der Waals surface area contributed by atoms with Gasteiger partial charge in [0, 0.05) is 23.2 Å². The Labute approximate surface area is 147 Å². The Morgan fingerprint density at radius 2 is 1.80 bits per heavy atom.